The Bertz CT molecular complexity index is 512. The first kappa shape index (κ1) is 13.3. The van der Waals surface area contributed by atoms with Gasteiger partial charge in [-0.25, -0.2) is 9.97 Å². The third-order valence-corrected chi connectivity index (χ3v) is 2.85. The summed E-state index contributed by atoms with van der Waals surface area (Å²) in [4.78, 5) is 12.6. The molecule has 2 N–H and O–H groups in total. The summed E-state index contributed by atoms with van der Waals surface area (Å²) in [5, 5.41) is 6.62. The standard InChI is InChI=1S/C14H19N5/c1-3-12-13(16-4-2)18-10-19-14(12)17-9-11-5-7-15-8-6-11/h5-8,10H,3-4,9H2,1-2H3,(H2,16,17,18,19). The van der Waals surface area contributed by atoms with Crippen molar-refractivity contribution < 1.29 is 0 Å². The van der Waals surface area contributed by atoms with Crippen LogP contribution in [-0.4, -0.2) is 21.5 Å². The van der Waals surface area contributed by atoms with Gasteiger partial charge in [-0.2, -0.15) is 0 Å². The molecule has 2 heterocycles. The summed E-state index contributed by atoms with van der Waals surface area (Å²) in [6, 6.07) is 3.98. The van der Waals surface area contributed by atoms with Crippen LogP contribution in [0.4, 0.5) is 11.6 Å². The fraction of sp³-hybridized carbons (Fsp3) is 0.357. The summed E-state index contributed by atoms with van der Waals surface area (Å²) in [6.07, 6.45) is 6.07. The lowest BCUT2D eigenvalue weighted by Gasteiger charge is -2.13. The van der Waals surface area contributed by atoms with Gasteiger partial charge in [-0.3, -0.25) is 4.98 Å². The van der Waals surface area contributed by atoms with Gasteiger partial charge in [0.15, 0.2) is 0 Å². The molecule has 2 aromatic rings. The van der Waals surface area contributed by atoms with E-state index in [0.29, 0.717) is 0 Å². The first-order valence-corrected chi connectivity index (χ1v) is 6.55. The van der Waals surface area contributed by atoms with Gasteiger partial charge in [-0.05, 0) is 31.0 Å². The topological polar surface area (TPSA) is 62.7 Å². The summed E-state index contributed by atoms with van der Waals surface area (Å²) >= 11 is 0. The van der Waals surface area contributed by atoms with Crippen molar-refractivity contribution in [3.8, 4) is 0 Å². The van der Waals surface area contributed by atoms with Crippen molar-refractivity contribution in [3.63, 3.8) is 0 Å². The third kappa shape index (κ3) is 3.40. The summed E-state index contributed by atoms with van der Waals surface area (Å²) < 4.78 is 0. The van der Waals surface area contributed by atoms with Gasteiger partial charge >= 0.3 is 0 Å². The molecular weight excluding hydrogens is 238 g/mol. The SMILES string of the molecule is CCNc1ncnc(NCc2ccncc2)c1CC. The van der Waals surface area contributed by atoms with Crippen LogP contribution in [0.25, 0.3) is 0 Å². The monoisotopic (exact) mass is 257 g/mol. The predicted octanol–water partition coefficient (Wildman–Crippen LogP) is 2.48. The largest absolute Gasteiger partial charge is 0.370 e. The number of hydrogen-bond acceptors (Lipinski definition) is 5. The second-order valence-electron chi connectivity index (χ2n) is 4.14. The van der Waals surface area contributed by atoms with E-state index in [0.717, 1.165) is 36.7 Å². The maximum Gasteiger partial charge on any atom is 0.134 e. The maximum absolute atomic E-state index is 4.33. The summed E-state index contributed by atoms with van der Waals surface area (Å²) in [6.45, 7) is 5.76. The number of pyridine rings is 1. The highest BCUT2D eigenvalue weighted by Gasteiger charge is 2.08. The first-order valence-electron chi connectivity index (χ1n) is 6.55. The van der Waals surface area contributed by atoms with Crippen LogP contribution in [0.3, 0.4) is 0 Å². The van der Waals surface area contributed by atoms with Crippen LogP contribution >= 0.6 is 0 Å². The molecule has 5 heteroatoms. The van der Waals surface area contributed by atoms with Crippen LogP contribution in [0.2, 0.25) is 0 Å². The minimum absolute atomic E-state index is 0.734. The Morgan fingerprint density at radius 2 is 1.68 bits per heavy atom. The molecule has 2 aromatic heterocycles. The van der Waals surface area contributed by atoms with E-state index in [1.54, 1.807) is 18.7 Å². The van der Waals surface area contributed by atoms with Crippen LogP contribution in [0.15, 0.2) is 30.9 Å². The Kier molecular flexibility index (Phi) is 4.66. The van der Waals surface area contributed by atoms with E-state index >= 15 is 0 Å². The zero-order valence-corrected chi connectivity index (χ0v) is 11.3. The molecule has 0 atom stereocenters. The molecule has 0 saturated heterocycles. The summed E-state index contributed by atoms with van der Waals surface area (Å²) in [5.74, 6) is 1.81. The Balaban J connectivity index is 2.13. The van der Waals surface area contributed by atoms with Crippen molar-refractivity contribution in [1.29, 1.82) is 0 Å². The molecule has 2 rings (SSSR count). The zero-order valence-electron chi connectivity index (χ0n) is 11.3. The summed E-state index contributed by atoms with van der Waals surface area (Å²) in [7, 11) is 0. The molecule has 0 bridgehead atoms. The Labute approximate surface area is 113 Å². The van der Waals surface area contributed by atoms with Crippen LogP contribution < -0.4 is 10.6 Å². The number of nitrogens with one attached hydrogen (secondary N) is 2. The van der Waals surface area contributed by atoms with Crippen LogP contribution in [0, 0.1) is 0 Å². The highest BCUT2D eigenvalue weighted by Crippen LogP contribution is 2.20. The first-order chi connectivity index (χ1) is 9.35. The predicted molar refractivity (Wildman–Crippen MR) is 77.1 cm³/mol. The fourth-order valence-corrected chi connectivity index (χ4v) is 1.91. The second kappa shape index (κ2) is 6.68. The van der Waals surface area contributed by atoms with Crippen LogP contribution in [-0.2, 0) is 13.0 Å². The van der Waals surface area contributed by atoms with Crippen molar-refractivity contribution in [2.75, 3.05) is 17.2 Å². The van der Waals surface area contributed by atoms with Crippen molar-refractivity contribution in [1.82, 2.24) is 15.0 Å². The normalized spacial score (nSPS) is 10.2. The van der Waals surface area contributed by atoms with Gasteiger partial charge in [0.2, 0.25) is 0 Å². The van der Waals surface area contributed by atoms with Gasteiger partial charge < -0.3 is 10.6 Å². The van der Waals surface area contributed by atoms with Gasteiger partial charge in [0.25, 0.3) is 0 Å². The molecule has 19 heavy (non-hydrogen) atoms. The van der Waals surface area contributed by atoms with Crippen LogP contribution in [0.5, 0.6) is 0 Å². The average Bonchev–Trinajstić information content (AvgIpc) is 2.46. The van der Waals surface area contributed by atoms with Crippen molar-refractivity contribution in [2.24, 2.45) is 0 Å². The van der Waals surface area contributed by atoms with E-state index in [4.69, 9.17) is 0 Å². The number of aromatic nitrogens is 3. The van der Waals surface area contributed by atoms with Gasteiger partial charge in [0, 0.05) is 31.0 Å². The molecule has 0 aliphatic carbocycles. The van der Waals surface area contributed by atoms with Gasteiger partial charge in [0.1, 0.15) is 18.0 Å². The Hall–Kier alpha value is -2.17. The molecule has 100 valence electrons. The third-order valence-electron chi connectivity index (χ3n) is 2.85. The minimum Gasteiger partial charge on any atom is -0.370 e. The number of hydrogen-bond donors (Lipinski definition) is 2. The smallest absolute Gasteiger partial charge is 0.134 e. The van der Waals surface area contributed by atoms with Gasteiger partial charge in [-0.1, -0.05) is 6.92 Å². The molecule has 0 unspecified atom stereocenters. The molecular formula is C14H19N5. The molecule has 0 saturated carbocycles. The minimum atomic E-state index is 0.734. The van der Waals surface area contributed by atoms with Crippen molar-refractivity contribution >= 4 is 11.6 Å². The fourth-order valence-electron chi connectivity index (χ4n) is 1.91. The Morgan fingerprint density at radius 1 is 1.00 bits per heavy atom. The maximum atomic E-state index is 4.33. The number of rotatable bonds is 6. The highest BCUT2D eigenvalue weighted by molar-refractivity contribution is 5.57. The van der Waals surface area contributed by atoms with E-state index in [1.165, 1.54) is 5.56 Å². The molecule has 0 radical (unpaired) electrons. The van der Waals surface area contributed by atoms with E-state index in [2.05, 4.69) is 39.4 Å². The molecule has 0 spiro atoms. The quantitative estimate of drug-likeness (QED) is 0.832. The molecule has 5 nitrogen and oxygen atoms in total. The number of nitrogens with zero attached hydrogens (tertiary/aromatic N) is 3. The summed E-state index contributed by atoms with van der Waals surface area (Å²) in [5.41, 5.74) is 2.30. The highest BCUT2D eigenvalue weighted by atomic mass is 15.1. The lowest BCUT2D eigenvalue weighted by molar-refractivity contribution is 0.998. The van der Waals surface area contributed by atoms with Crippen molar-refractivity contribution in [3.05, 3.63) is 42.0 Å². The lowest BCUT2D eigenvalue weighted by Crippen LogP contribution is -2.09. The number of anilines is 2. The zero-order chi connectivity index (χ0) is 13.5. The second-order valence-corrected chi connectivity index (χ2v) is 4.14. The lowest BCUT2D eigenvalue weighted by atomic mass is 10.2. The van der Waals surface area contributed by atoms with E-state index in [9.17, 15) is 0 Å². The molecule has 0 aromatic carbocycles. The van der Waals surface area contributed by atoms with E-state index in [-0.39, 0.29) is 0 Å². The van der Waals surface area contributed by atoms with E-state index in [1.807, 2.05) is 12.1 Å². The van der Waals surface area contributed by atoms with E-state index < -0.39 is 0 Å². The molecule has 0 aliphatic heterocycles. The molecule has 0 amide bonds. The Morgan fingerprint density at radius 3 is 2.32 bits per heavy atom. The van der Waals surface area contributed by atoms with Gasteiger partial charge in [0.05, 0.1) is 0 Å². The van der Waals surface area contributed by atoms with Gasteiger partial charge in [-0.15, -0.1) is 0 Å². The molecule has 0 aliphatic rings. The van der Waals surface area contributed by atoms with Crippen LogP contribution in [0.1, 0.15) is 25.0 Å². The molecule has 0 fully saturated rings. The average molecular weight is 257 g/mol. The van der Waals surface area contributed by atoms with Crippen molar-refractivity contribution in [2.45, 2.75) is 26.8 Å².